The molecule has 0 radical (unpaired) electrons. The molecular weight excluding hydrogens is 191 g/mol. The Morgan fingerprint density at radius 1 is 1.27 bits per heavy atom. The molecule has 0 fully saturated rings. The zero-order valence-corrected chi connectivity index (χ0v) is 9.63. The van der Waals surface area contributed by atoms with E-state index in [1.807, 2.05) is 0 Å². The van der Waals surface area contributed by atoms with Crippen LogP contribution in [0.2, 0.25) is 0 Å². The van der Waals surface area contributed by atoms with Crippen molar-refractivity contribution in [3.05, 3.63) is 30.1 Å². The van der Waals surface area contributed by atoms with E-state index in [0.29, 0.717) is 6.04 Å². The summed E-state index contributed by atoms with van der Waals surface area (Å²) in [6, 6.07) is 7.00. The molecule has 84 valence electrons. The van der Waals surface area contributed by atoms with E-state index in [0.717, 1.165) is 18.8 Å². The van der Waals surface area contributed by atoms with Gasteiger partial charge < -0.3 is 10.2 Å². The molecule has 0 spiro atoms. The largest absolute Gasteiger partial charge is 0.384 e. The monoisotopic (exact) mass is 210 g/mol. The summed E-state index contributed by atoms with van der Waals surface area (Å²) in [6.07, 6.45) is 0. The Hall–Kier alpha value is -1.09. The van der Waals surface area contributed by atoms with E-state index in [-0.39, 0.29) is 5.82 Å². The molecule has 15 heavy (non-hydrogen) atoms. The SMILES string of the molecule is CC(C)N(C)CCNc1ccc(F)cc1. The van der Waals surface area contributed by atoms with E-state index in [4.69, 9.17) is 0 Å². The van der Waals surface area contributed by atoms with Gasteiger partial charge in [-0.25, -0.2) is 4.39 Å². The van der Waals surface area contributed by atoms with Crippen molar-refractivity contribution in [1.29, 1.82) is 0 Å². The van der Waals surface area contributed by atoms with Gasteiger partial charge in [0.05, 0.1) is 0 Å². The topological polar surface area (TPSA) is 15.3 Å². The highest BCUT2D eigenvalue weighted by Crippen LogP contribution is 2.07. The van der Waals surface area contributed by atoms with Gasteiger partial charge in [0.1, 0.15) is 5.82 Å². The lowest BCUT2D eigenvalue weighted by Gasteiger charge is -2.21. The lowest BCUT2D eigenvalue weighted by atomic mass is 10.3. The third-order valence-corrected chi connectivity index (χ3v) is 2.52. The first-order valence-electron chi connectivity index (χ1n) is 5.29. The minimum Gasteiger partial charge on any atom is -0.384 e. The summed E-state index contributed by atoms with van der Waals surface area (Å²) in [4.78, 5) is 2.26. The van der Waals surface area contributed by atoms with Crippen LogP contribution >= 0.6 is 0 Å². The van der Waals surface area contributed by atoms with Crippen molar-refractivity contribution in [2.24, 2.45) is 0 Å². The number of hydrogen-bond donors (Lipinski definition) is 1. The van der Waals surface area contributed by atoms with Crippen molar-refractivity contribution in [3.8, 4) is 0 Å². The van der Waals surface area contributed by atoms with Gasteiger partial charge in [0.15, 0.2) is 0 Å². The number of anilines is 1. The first-order valence-corrected chi connectivity index (χ1v) is 5.29. The summed E-state index contributed by atoms with van der Waals surface area (Å²) in [5.41, 5.74) is 0.966. The molecule has 0 saturated heterocycles. The van der Waals surface area contributed by atoms with Crippen LogP contribution in [0.4, 0.5) is 10.1 Å². The summed E-state index contributed by atoms with van der Waals surface area (Å²) < 4.78 is 12.6. The Morgan fingerprint density at radius 2 is 1.87 bits per heavy atom. The van der Waals surface area contributed by atoms with Crippen molar-refractivity contribution in [1.82, 2.24) is 4.90 Å². The fourth-order valence-electron chi connectivity index (χ4n) is 1.20. The Balaban J connectivity index is 2.29. The summed E-state index contributed by atoms with van der Waals surface area (Å²) in [6.45, 7) is 6.19. The van der Waals surface area contributed by atoms with Gasteiger partial charge in [0, 0.05) is 24.8 Å². The number of benzene rings is 1. The van der Waals surface area contributed by atoms with Crippen molar-refractivity contribution < 1.29 is 4.39 Å². The molecule has 1 N–H and O–H groups in total. The maximum atomic E-state index is 12.6. The lowest BCUT2D eigenvalue weighted by molar-refractivity contribution is 0.284. The van der Waals surface area contributed by atoms with Gasteiger partial charge in [-0.1, -0.05) is 0 Å². The zero-order valence-electron chi connectivity index (χ0n) is 9.63. The molecule has 1 rings (SSSR count). The third-order valence-electron chi connectivity index (χ3n) is 2.52. The third kappa shape index (κ3) is 4.30. The Bertz CT molecular complexity index is 282. The molecule has 1 aromatic rings. The average molecular weight is 210 g/mol. The van der Waals surface area contributed by atoms with E-state index in [9.17, 15) is 4.39 Å². The lowest BCUT2D eigenvalue weighted by Crippen LogP contribution is -2.31. The predicted octanol–water partition coefficient (Wildman–Crippen LogP) is 2.58. The van der Waals surface area contributed by atoms with Crippen LogP contribution in [0.5, 0.6) is 0 Å². The maximum Gasteiger partial charge on any atom is 0.123 e. The van der Waals surface area contributed by atoms with E-state index in [2.05, 4.69) is 31.1 Å². The second kappa shape index (κ2) is 5.71. The van der Waals surface area contributed by atoms with Crippen molar-refractivity contribution >= 4 is 5.69 Å². The normalized spacial score (nSPS) is 11.1. The number of likely N-dealkylation sites (N-methyl/N-ethyl adjacent to an activating group) is 1. The van der Waals surface area contributed by atoms with Crippen molar-refractivity contribution in [2.75, 3.05) is 25.5 Å². The fourth-order valence-corrected chi connectivity index (χ4v) is 1.20. The highest BCUT2D eigenvalue weighted by atomic mass is 19.1. The number of hydrogen-bond acceptors (Lipinski definition) is 2. The molecule has 0 bridgehead atoms. The molecule has 2 nitrogen and oxygen atoms in total. The zero-order chi connectivity index (χ0) is 11.3. The number of nitrogens with one attached hydrogen (secondary N) is 1. The van der Waals surface area contributed by atoms with Crippen LogP contribution < -0.4 is 5.32 Å². The Labute approximate surface area is 91.1 Å². The summed E-state index contributed by atoms with van der Waals surface area (Å²) in [7, 11) is 2.09. The van der Waals surface area contributed by atoms with Gasteiger partial charge in [-0.3, -0.25) is 0 Å². The van der Waals surface area contributed by atoms with Crippen LogP contribution in [-0.4, -0.2) is 31.1 Å². The van der Waals surface area contributed by atoms with Gasteiger partial charge in [-0.15, -0.1) is 0 Å². The van der Waals surface area contributed by atoms with Crippen LogP contribution in [-0.2, 0) is 0 Å². The van der Waals surface area contributed by atoms with E-state index >= 15 is 0 Å². The molecule has 0 aromatic heterocycles. The van der Waals surface area contributed by atoms with E-state index in [1.54, 1.807) is 12.1 Å². The van der Waals surface area contributed by atoms with E-state index < -0.39 is 0 Å². The standard InChI is InChI=1S/C12H19FN2/c1-10(2)15(3)9-8-14-12-6-4-11(13)5-7-12/h4-7,10,14H,8-9H2,1-3H3. The average Bonchev–Trinajstić information content (AvgIpc) is 2.20. The second-order valence-corrected chi connectivity index (χ2v) is 4.01. The van der Waals surface area contributed by atoms with Gasteiger partial charge in [-0.2, -0.15) is 0 Å². The van der Waals surface area contributed by atoms with Crippen LogP contribution in [0.15, 0.2) is 24.3 Å². The van der Waals surface area contributed by atoms with E-state index in [1.165, 1.54) is 12.1 Å². The highest BCUT2D eigenvalue weighted by Gasteiger charge is 2.01. The number of rotatable bonds is 5. The maximum absolute atomic E-state index is 12.6. The van der Waals surface area contributed by atoms with Gasteiger partial charge in [0.25, 0.3) is 0 Å². The Morgan fingerprint density at radius 3 is 2.40 bits per heavy atom. The molecule has 3 heteroatoms. The molecular formula is C12H19FN2. The summed E-state index contributed by atoms with van der Waals surface area (Å²) >= 11 is 0. The molecule has 0 saturated carbocycles. The van der Waals surface area contributed by atoms with Crippen LogP contribution in [0.25, 0.3) is 0 Å². The number of halogens is 1. The minimum atomic E-state index is -0.195. The van der Waals surface area contributed by atoms with Crippen LogP contribution in [0, 0.1) is 5.82 Å². The first-order chi connectivity index (χ1) is 7.09. The molecule has 0 heterocycles. The van der Waals surface area contributed by atoms with Crippen molar-refractivity contribution in [2.45, 2.75) is 19.9 Å². The van der Waals surface area contributed by atoms with Gasteiger partial charge in [-0.05, 0) is 45.2 Å². The van der Waals surface area contributed by atoms with Crippen molar-refractivity contribution in [3.63, 3.8) is 0 Å². The summed E-state index contributed by atoms with van der Waals surface area (Å²) in [5.74, 6) is -0.195. The predicted molar refractivity (Wildman–Crippen MR) is 62.7 cm³/mol. The molecule has 0 aliphatic rings. The molecule has 1 aromatic carbocycles. The first kappa shape index (κ1) is 12.0. The molecule has 0 aliphatic carbocycles. The van der Waals surface area contributed by atoms with Crippen LogP contribution in [0.1, 0.15) is 13.8 Å². The highest BCUT2D eigenvalue weighted by molar-refractivity contribution is 5.42. The molecule has 0 atom stereocenters. The van der Waals surface area contributed by atoms with Gasteiger partial charge in [0.2, 0.25) is 0 Å². The smallest absolute Gasteiger partial charge is 0.123 e. The fraction of sp³-hybridized carbons (Fsp3) is 0.500. The molecule has 0 amide bonds. The Kier molecular flexibility index (Phi) is 4.56. The number of nitrogens with zero attached hydrogens (tertiary/aromatic N) is 1. The summed E-state index contributed by atoms with van der Waals surface area (Å²) in [5, 5.41) is 3.25. The van der Waals surface area contributed by atoms with Crippen LogP contribution in [0.3, 0.4) is 0 Å². The van der Waals surface area contributed by atoms with Gasteiger partial charge >= 0.3 is 0 Å². The minimum absolute atomic E-state index is 0.195. The molecule has 0 aliphatic heterocycles. The molecule has 0 unspecified atom stereocenters. The quantitative estimate of drug-likeness (QED) is 0.803. The second-order valence-electron chi connectivity index (χ2n) is 4.01.